The second-order valence-electron chi connectivity index (χ2n) is 9.11. The molecule has 3 aromatic rings. The number of thioether (sulfide) groups is 1. The largest absolute Gasteiger partial charge is 0.495 e. The Morgan fingerprint density at radius 3 is 2.44 bits per heavy atom. The zero-order chi connectivity index (χ0) is 27.9. The minimum atomic E-state index is 0.463. The van der Waals surface area contributed by atoms with Gasteiger partial charge in [0.25, 0.3) is 0 Å². The molecule has 1 aliphatic heterocycles. The number of nitrogens with one attached hydrogen (secondary N) is 2. The Labute approximate surface area is 235 Å². The number of hydrogen-bond acceptors (Lipinski definition) is 11. The quantitative estimate of drug-likeness (QED) is 0.357. The van der Waals surface area contributed by atoms with Crippen molar-refractivity contribution in [3.63, 3.8) is 0 Å². The summed E-state index contributed by atoms with van der Waals surface area (Å²) in [4.78, 5) is 18.6. The molecule has 1 aromatic heterocycles. The molecule has 10 nitrogen and oxygen atoms in total. The first-order valence-corrected chi connectivity index (χ1v) is 14.3. The Bertz CT molecular complexity index is 1290. The fraction of sp³-hybridized carbons (Fsp3) is 0.464. The van der Waals surface area contributed by atoms with Gasteiger partial charge in [0.05, 0.1) is 32.2 Å². The molecule has 210 valence electrons. The highest BCUT2D eigenvalue weighted by atomic mass is 32.2. The molecule has 2 aromatic carbocycles. The van der Waals surface area contributed by atoms with Crippen LogP contribution in [0.15, 0.2) is 29.4 Å². The summed E-state index contributed by atoms with van der Waals surface area (Å²) in [5.74, 6) is 3.28. The number of aromatic nitrogens is 3. The maximum absolute atomic E-state index is 6.00. The van der Waals surface area contributed by atoms with Gasteiger partial charge in [0.15, 0.2) is 5.16 Å². The third-order valence-corrected chi connectivity index (χ3v) is 7.50. The number of hydrogen-bond donors (Lipinski definition) is 2. The van der Waals surface area contributed by atoms with Gasteiger partial charge in [-0.1, -0.05) is 11.8 Å². The fourth-order valence-corrected chi connectivity index (χ4v) is 5.15. The van der Waals surface area contributed by atoms with Crippen LogP contribution >= 0.6 is 11.8 Å². The van der Waals surface area contributed by atoms with E-state index >= 15 is 0 Å². The molecule has 0 radical (unpaired) electrons. The highest BCUT2D eigenvalue weighted by molar-refractivity contribution is 7.99. The smallest absolute Gasteiger partial charge is 0.233 e. The van der Waals surface area contributed by atoms with Crippen LogP contribution in [0.3, 0.4) is 0 Å². The maximum atomic E-state index is 6.00. The monoisotopic (exact) mass is 553 g/mol. The second kappa shape index (κ2) is 13.1. The number of methoxy groups -OCH3 is 2. The van der Waals surface area contributed by atoms with Gasteiger partial charge in [-0.25, -0.2) is 0 Å². The first-order valence-electron chi connectivity index (χ1n) is 13.3. The van der Waals surface area contributed by atoms with Crippen LogP contribution in [-0.4, -0.2) is 67.9 Å². The average molecular weight is 554 g/mol. The highest BCUT2D eigenvalue weighted by Gasteiger charge is 2.18. The van der Waals surface area contributed by atoms with E-state index in [1.54, 1.807) is 14.2 Å². The van der Waals surface area contributed by atoms with Gasteiger partial charge in [-0.15, -0.1) is 0 Å². The van der Waals surface area contributed by atoms with Gasteiger partial charge in [0.2, 0.25) is 11.9 Å². The molecule has 2 N–H and O–H groups in total. The van der Waals surface area contributed by atoms with Crippen LogP contribution in [0.2, 0.25) is 0 Å². The van der Waals surface area contributed by atoms with Crippen molar-refractivity contribution in [1.29, 1.82) is 0 Å². The van der Waals surface area contributed by atoms with Crippen molar-refractivity contribution in [3.8, 4) is 11.5 Å². The van der Waals surface area contributed by atoms with Gasteiger partial charge < -0.3 is 34.6 Å². The average Bonchev–Trinajstić information content (AvgIpc) is 2.94. The van der Waals surface area contributed by atoms with Gasteiger partial charge in [0, 0.05) is 36.8 Å². The summed E-state index contributed by atoms with van der Waals surface area (Å²) >= 11 is 1.54. The van der Waals surface area contributed by atoms with E-state index in [-0.39, 0.29) is 0 Å². The lowest BCUT2D eigenvalue weighted by atomic mass is 10.1. The first-order chi connectivity index (χ1) is 18.9. The van der Waals surface area contributed by atoms with Gasteiger partial charge >= 0.3 is 0 Å². The number of ether oxygens (including phenoxy) is 3. The van der Waals surface area contributed by atoms with E-state index in [0.717, 1.165) is 65.0 Å². The second-order valence-corrected chi connectivity index (χ2v) is 10.2. The minimum Gasteiger partial charge on any atom is -0.495 e. The molecule has 11 heteroatoms. The van der Waals surface area contributed by atoms with Crippen LogP contribution < -0.4 is 29.9 Å². The Morgan fingerprint density at radius 2 is 1.74 bits per heavy atom. The van der Waals surface area contributed by atoms with Crippen LogP contribution in [0.25, 0.3) is 0 Å². The molecule has 0 spiro atoms. The maximum Gasteiger partial charge on any atom is 0.233 e. The number of nitrogens with zero attached hydrogens (tertiary/aromatic N) is 5. The summed E-state index contributed by atoms with van der Waals surface area (Å²) in [5, 5.41) is 7.48. The summed E-state index contributed by atoms with van der Waals surface area (Å²) < 4.78 is 17.4. The summed E-state index contributed by atoms with van der Waals surface area (Å²) in [6.45, 7) is 14.0. The summed E-state index contributed by atoms with van der Waals surface area (Å²) in [6.07, 6.45) is 0. The molecule has 1 aliphatic rings. The molecule has 0 saturated carbocycles. The van der Waals surface area contributed by atoms with E-state index < -0.39 is 0 Å². The molecular formula is C28H39N7O3S. The SMILES string of the molecule is CCN(CC)c1cc(Nc2nc3nc(n2)SCCOCN(CC)c2cc(c(C)cc2OC)N3)c(C)cc1OC. The Morgan fingerprint density at radius 1 is 1.00 bits per heavy atom. The number of aryl methyl sites for hydroxylation is 2. The normalized spacial score (nSPS) is 13.5. The van der Waals surface area contributed by atoms with Gasteiger partial charge in [-0.3, -0.25) is 0 Å². The predicted octanol–water partition coefficient (Wildman–Crippen LogP) is 5.75. The number of benzene rings is 2. The van der Waals surface area contributed by atoms with E-state index in [0.29, 0.717) is 36.1 Å². The standard InChI is InChI=1S/C28H39N7O3S/c1-8-34(9-2)22-15-20(18(4)13-24(22)36-6)29-26-31-27-30-21-16-23(25(37-7)14-19(21)5)35(10-3)17-38-11-12-39-28(32-26)33-27/h13-16H,8-12,17H2,1-7H3,(H2,29,30,31,32,33). The van der Waals surface area contributed by atoms with E-state index in [4.69, 9.17) is 29.2 Å². The summed E-state index contributed by atoms with van der Waals surface area (Å²) in [5.41, 5.74) is 5.82. The molecular weight excluding hydrogens is 514 g/mol. The number of fused-ring (bicyclic) bond motifs is 4. The Kier molecular flexibility index (Phi) is 9.58. The summed E-state index contributed by atoms with van der Waals surface area (Å²) in [7, 11) is 3.39. The molecule has 0 unspecified atom stereocenters. The molecule has 4 rings (SSSR count). The van der Waals surface area contributed by atoms with Crippen molar-refractivity contribution in [2.45, 2.75) is 39.8 Å². The molecule has 4 bridgehead atoms. The third kappa shape index (κ3) is 6.59. The van der Waals surface area contributed by atoms with Crippen LogP contribution in [0.5, 0.6) is 11.5 Å². The predicted molar refractivity (Wildman–Crippen MR) is 160 cm³/mol. The molecule has 2 heterocycles. The van der Waals surface area contributed by atoms with Crippen molar-refractivity contribution >= 4 is 46.4 Å². The van der Waals surface area contributed by atoms with Gasteiger partial charge in [-0.2, -0.15) is 15.0 Å². The lowest BCUT2D eigenvalue weighted by Crippen LogP contribution is -2.27. The Hall–Kier alpha value is -3.44. The van der Waals surface area contributed by atoms with Crippen LogP contribution in [-0.2, 0) is 4.74 Å². The number of anilines is 6. The minimum absolute atomic E-state index is 0.463. The van der Waals surface area contributed by atoms with Crippen LogP contribution in [0.1, 0.15) is 31.9 Å². The molecule has 0 fully saturated rings. The molecule has 0 aliphatic carbocycles. The van der Waals surface area contributed by atoms with E-state index in [9.17, 15) is 0 Å². The van der Waals surface area contributed by atoms with Crippen molar-refractivity contribution in [2.24, 2.45) is 0 Å². The van der Waals surface area contributed by atoms with E-state index in [1.807, 2.05) is 26.0 Å². The highest BCUT2D eigenvalue weighted by Crippen LogP contribution is 2.37. The van der Waals surface area contributed by atoms with Crippen molar-refractivity contribution in [3.05, 3.63) is 35.4 Å². The van der Waals surface area contributed by atoms with Crippen molar-refractivity contribution < 1.29 is 14.2 Å². The molecule has 0 atom stereocenters. The van der Waals surface area contributed by atoms with E-state index in [1.165, 1.54) is 11.8 Å². The van der Waals surface area contributed by atoms with Crippen molar-refractivity contribution in [1.82, 2.24) is 15.0 Å². The summed E-state index contributed by atoms with van der Waals surface area (Å²) in [6, 6.07) is 8.22. The van der Waals surface area contributed by atoms with E-state index in [2.05, 4.69) is 53.3 Å². The topological polar surface area (TPSA) is 96.9 Å². The molecule has 0 amide bonds. The lowest BCUT2D eigenvalue weighted by molar-refractivity contribution is 0.150. The third-order valence-electron chi connectivity index (χ3n) is 6.69. The zero-order valence-electron chi connectivity index (χ0n) is 23.9. The van der Waals surface area contributed by atoms with Crippen molar-refractivity contribution in [2.75, 3.05) is 73.4 Å². The zero-order valence-corrected chi connectivity index (χ0v) is 24.7. The van der Waals surface area contributed by atoms with Gasteiger partial charge in [-0.05, 0) is 70.0 Å². The van der Waals surface area contributed by atoms with Crippen LogP contribution in [0, 0.1) is 13.8 Å². The van der Waals surface area contributed by atoms with Crippen LogP contribution in [0.4, 0.5) is 34.6 Å². The lowest BCUT2D eigenvalue weighted by Gasteiger charge is -2.26. The molecule has 0 saturated heterocycles. The fourth-order valence-electron chi connectivity index (χ4n) is 4.47. The van der Waals surface area contributed by atoms with Gasteiger partial charge in [0.1, 0.15) is 18.2 Å². The molecule has 39 heavy (non-hydrogen) atoms. The Balaban J connectivity index is 1.74. The first kappa shape index (κ1) is 28.6. The number of rotatable bonds is 8.